The van der Waals surface area contributed by atoms with E-state index >= 15 is 0 Å². The van der Waals surface area contributed by atoms with E-state index in [1.54, 1.807) is 6.07 Å². The quantitative estimate of drug-likeness (QED) is 0.302. The second-order valence-corrected chi connectivity index (χ2v) is 12.4. The van der Waals surface area contributed by atoms with Crippen LogP contribution in [-0.4, -0.2) is 42.7 Å². The summed E-state index contributed by atoms with van der Waals surface area (Å²) < 4.78 is 0. The summed E-state index contributed by atoms with van der Waals surface area (Å²) >= 11 is 0. The van der Waals surface area contributed by atoms with Crippen molar-refractivity contribution in [2.75, 3.05) is 0 Å². The van der Waals surface area contributed by atoms with Gasteiger partial charge >= 0.3 is 0 Å². The first-order valence-electron chi connectivity index (χ1n) is 13.2. The van der Waals surface area contributed by atoms with Gasteiger partial charge in [0, 0.05) is 23.5 Å². The minimum Gasteiger partial charge on any atom is -0.508 e. The van der Waals surface area contributed by atoms with Crippen molar-refractivity contribution in [1.82, 2.24) is 0 Å². The van der Waals surface area contributed by atoms with E-state index in [9.17, 15) is 35.1 Å². The summed E-state index contributed by atoms with van der Waals surface area (Å²) in [5.74, 6) is -4.92. The molecule has 0 heterocycles. The van der Waals surface area contributed by atoms with E-state index in [0.717, 1.165) is 29.5 Å². The third-order valence-corrected chi connectivity index (χ3v) is 10.2. The molecule has 0 bridgehead atoms. The maximum absolute atomic E-state index is 14.1. The molecule has 0 aliphatic heterocycles. The van der Waals surface area contributed by atoms with Gasteiger partial charge in [-0.2, -0.15) is 0 Å². The van der Waals surface area contributed by atoms with Crippen molar-refractivity contribution >= 4 is 22.3 Å². The van der Waals surface area contributed by atoms with Crippen molar-refractivity contribution in [3.8, 4) is 11.5 Å². The molecule has 0 unspecified atom stereocenters. The number of phenols is 2. The Morgan fingerprint density at radius 1 is 1.13 bits per heavy atom. The Labute approximate surface area is 225 Å². The number of aliphatic hydroxyl groups excluding tert-OH is 2. The van der Waals surface area contributed by atoms with Crippen LogP contribution < -0.4 is 5.73 Å². The van der Waals surface area contributed by atoms with E-state index in [0.29, 0.717) is 17.4 Å². The van der Waals surface area contributed by atoms with Gasteiger partial charge in [0.2, 0.25) is 5.78 Å². The third kappa shape index (κ3) is 2.71. The molecule has 4 atom stereocenters. The zero-order valence-electron chi connectivity index (χ0n) is 22.5. The summed E-state index contributed by atoms with van der Waals surface area (Å²) in [5, 5.41) is 57.9. The number of carbonyl (C=O) groups excluding carboxylic acids is 2. The molecule has 0 aromatic heterocycles. The Hall–Kier alpha value is -3.62. The standard InChI is InChI=1S/C31H33NO7/c1-12-9-17(33)22-20-15(11-30(24(12)20)13(2)7-6-8-29(30,4)5)21-23(26(22)36)28(38)31(39)16(25(21)35)10-18(34)19(14(3)32)27(31)37/h7,9,16,25,33,35-37,39H,3,6,8,10-11,32H2,1-2,4-5H3/t16-,25+,30+,31-/m1/s1. The number of phenolic OH excluding ortho intramolecular Hbond substituents is 2. The Kier molecular flexibility index (Phi) is 4.94. The SMILES string of the molecule is C=C(N)C1=C(O)[C@@]2(O)C(=O)c3c(c4c5c(c(C)cc(O)c5c3O)[C@]3(C4)C(C)=CCCC3(C)C)[C@@H](O)[C@H]2CC1=O. The topological polar surface area (TPSA) is 161 Å². The van der Waals surface area contributed by atoms with Crippen LogP contribution in [0.4, 0.5) is 0 Å². The molecule has 7 N–H and O–H groups in total. The van der Waals surface area contributed by atoms with E-state index in [-0.39, 0.29) is 33.4 Å². The van der Waals surface area contributed by atoms with E-state index in [1.165, 1.54) is 0 Å². The zero-order valence-corrected chi connectivity index (χ0v) is 22.5. The van der Waals surface area contributed by atoms with Crippen LogP contribution in [0.25, 0.3) is 10.8 Å². The fourth-order valence-corrected chi connectivity index (χ4v) is 8.29. The highest BCUT2D eigenvalue weighted by atomic mass is 16.4. The number of fused-ring (bicyclic) bond motifs is 4. The summed E-state index contributed by atoms with van der Waals surface area (Å²) in [6.07, 6.45) is 2.35. The number of carbonyl (C=O) groups is 2. The fraction of sp³-hybridized carbons (Fsp3) is 0.419. The number of ketones is 2. The van der Waals surface area contributed by atoms with E-state index in [4.69, 9.17) is 5.73 Å². The first-order chi connectivity index (χ1) is 18.1. The number of aromatic hydroxyl groups is 2. The van der Waals surface area contributed by atoms with Gasteiger partial charge in [0.15, 0.2) is 11.4 Å². The minimum atomic E-state index is -2.71. The molecule has 2 aromatic rings. The van der Waals surface area contributed by atoms with Gasteiger partial charge in [-0.1, -0.05) is 32.1 Å². The summed E-state index contributed by atoms with van der Waals surface area (Å²) in [5.41, 5.74) is 4.69. The molecule has 6 rings (SSSR count). The number of hydrogen-bond acceptors (Lipinski definition) is 8. The summed E-state index contributed by atoms with van der Waals surface area (Å²) in [6.45, 7) is 11.8. The molecule has 0 fully saturated rings. The minimum absolute atomic E-state index is 0.0665. The van der Waals surface area contributed by atoms with Crippen LogP contribution in [0.15, 0.2) is 41.3 Å². The highest BCUT2D eigenvalue weighted by Crippen LogP contribution is 2.65. The van der Waals surface area contributed by atoms with Gasteiger partial charge < -0.3 is 31.3 Å². The van der Waals surface area contributed by atoms with Gasteiger partial charge in [0.05, 0.1) is 22.6 Å². The molecule has 0 saturated carbocycles. The molecule has 4 aliphatic rings. The molecule has 1 spiro atoms. The summed E-state index contributed by atoms with van der Waals surface area (Å²) in [4.78, 5) is 27.0. The number of rotatable bonds is 1. The van der Waals surface area contributed by atoms with Crippen molar-refractivity contribution in [3.05, 3.63) is 69.1 Å². The summed E-state index contributed by atoms with van der Waals surface area (Å²) in [7, 11) is 0. The lowest BCUT2D eigenvalue weighted by molar-refractivity contribution is -0.125. The third-order valence-electron chi connectivity index (χ3n) is 10.2. The predicted octanol–water partition coefficient (Wildman–Crippen LogP) is 3.95. The van der Waals surface area contributed by atoms with E-state index in [1.807, 2.05) is 6.92 Å². The maximum Gasteiger partial charge on any atom is 0.206 e. The normalized spacial score (nSPS) is 31.0. The molecule has 2 aromatic carbocycles. The number of aliphatic hydroxyl groups is 3. The highest BCUT2D eigenvalue weighted by molar-refractivity contribution is 6.17. The number of benzene rings is 2. The second-order valence-electron chi connectivity index (χ2n) is 12.4. The molecular formula is C31H33NO7. The number of allylic oxidation sites excluding steroid dienone is 3. The van der Waals surface area contributed by atoms with Gasteiger partial charge in [-0.25, -0.2) is 0 Å². The van der Waals surface area contributed by atoms with Gasteiger partial charge in [-0.05, 0) is 72.2 Å². The molecule has 204 valence electrons. The van der Waals surface area contributed by atoms with Gasteiger partial charge in [-0.15, -0.1) is 0 Å². The molecule has 8 heteroatoms. The Morgan fingerprint density at radius 2 is 1.79 bits per heavy atom. The summed E-state index contributed by atoms with van der Waals surface area (Å²) in [6, 6.07) is 1.58. The number of Topliss-reactive ketones (excluding diaryl/α,β-unsaturated/α-hetero) is 2. The van der Waals surface area contributed by atoms with Crippen molar-refractivity contribution in [1.29, 1.82) is 0 Å². The van der Waals surface area contributed by atoms with Crippen LogP contribution in [0.1, 0.15) is 78.7 Å². The number of nitrogens with two attached hydrogens (primary N) is 1. The predicted molar refractivity (Wildman–Crippen MR) is 145 cm³/mol. The van der Waals surface area contributed by atoms with Crippen LogP contribution in [0.5, 0.6) is 11.5 Å². The number of aryl methyl sites for hydroxylation is 1. The molecule has 39 heavy (non-hydrogen) atoms. The first-order valence-corrected chi connectivity index (χ1v) is 13.2. The van der Waals surface area contributed by atoms with Crippen LogP contribution in [0.3, 0.4) is 0 Å². The van der Waals surface area contributed by atoms with E-state index < -0.39 is 58.1 Å². The van der Waals surface area contributed by atoms with Crippen molar-refractivity contribution < 1.29 is 35.1 Å². The molecule has 4 aliphatic carbocycles. The average molecular weight is 532 g/mol. The Morgan fingerprint density at radius 3 is 2.41 bits per heavy atom. The Bertz CT molecular complexity index is 1640. The van der Waals surface area contributed by atoms with Gasteiger partial charge in [0.25, 0.3) is 0 Å². The van der Waals surface area contributed by atoms with Crippen LogP contribution in [0, 0.1) is 18.3 Å². The smallest absolute Gasteiger partial charge is 0.206 e. The zero-order chi connectivity index (χ0) is 28.6. The van der Waals surface area contributed by atoms with Crippen LogP contribution in [0.2, 0.25) is 0 Å². The fourth-order valence-electron chi connectivity index (χ4n) is 8.29. The molecular weight excluding hydrogens is 498 g/mol. The van der Waals surface area contributed by atoms with Crippen LogP contribution in [-0.2, 0) is 16.6 Å². The molecule has 0 radical (unpaired) electrons. The lowest BCUT2D eigenvalue weighted by atomic mass is 9.53. The van der Waals surface area contributed by atoms with Crippen molar-refractivity contribution in [2.45, 2.75) is 70.5 Å². The second kappa shape index (κ2) is 7.52. The monoisotopic (exact) mass is 531 g/mol. The largest absolute Gasteiger partial charge is 0.508 e. The lowest BCUT2D eigenvalue weighted by Gasteiger charge is -2.50. The van der Waals surface area contributed by atoms with Crippen molar-refractivity contribution in [3.63, 3.8) is 0 Å². The first kappa shape index (κ1) is 25.6. The van der Waals surface area contributed by atoms with Gasteiger partial charge in [-0.3, -0.25) is 9.59 Å². The van der Waals surface area contributed by atoms with Gasteiger partial charge in [0.1, 0.15) is 17.3 Å². The molecule has 0 saturated heterocycles. The van der Waals surface area contributed by atoms with Crippen molar-refractivity contribution in [2.24, 2.45) is 17.1 Å². The average Bonchev–Trinajstić information content (AvgIpc) is 3.19. The number of hydrogen-bond donors (Lipinski definition) is 6. The lowest BCUT2D eigenvalue weighted by Crippen LogP contribution is -2.57. The van der Waals surface area contributed by atoms with E-state index in [2.05, 4.69) is 33.4 Å². The highest BCUT2D eigenvalue weighted by Gasteiger charge is 2.63. The molecule has 8 nitrogen and oxygen atoms in total. The Balaban J connectivity index is 1.75. The van der Waals surface area contributed by atoms with Crippen LogP contribution >= 0.6 is 0 Å². The maximum atomic E-state index is 14.1. The molecule has 0 amide bonds.